The molecule has 148 valence electrons. The lowest BCUT2D eigenvalue weighted by Crippen LogP contribution is -2.20. The third-order valence-corrected chi connectivity index (χ3v) is 4.52. The molecule has 29 heavy (non-hydrogen) atoms. The van der Waals surface area contributed by atoms with Crippen molar-refractivity contribution < 1.29 is 9.13 Å². The molecule has 3 aromatic heterocycles. The van der Waals surface area contributed by atoms with Gasteiger partial charge in [0.25, 0.3) is 0 Å². The first-order valence-corrected chi connectivity index (χ1v) is 9.18. The van der Waals surface area contributed by atoms with Gasteiger partial charge in [0, 0.05) is 11.6 Å². The molecule has 7 nitrogen and oxygen atoms in total. The number of nitrogen functional groups attached to an aromatic ring is 2. The van der Waals surface area contributed by atoms with Crippen LogP contribution in [0.1, 0.15) is 12.7 Å². The summed E-state index contributed by atoms with van der Waals surface area (Å²) in [5.74, 6) is 1.64. The second kappa shape index (κ2) is 7.38. The Morgan fingerprint density at radius 2 is 1.79 bits per heavy atom. The summed E-state index contributed by atoms with van der Waals surface area (Å²) in [4.78, 5) is 13.3. The van der Waals surface area contributed by atoms with Gasteiger partial charge in [0.05, 0.1) is 12.2 Å². The van der Waals surface area contributed by atoms with Crippen LogP contribution in [0.3, 0.4) is 0 Å². The smallest absolute Gasteiger partial charge is 0.160 e. The molecule has 0 bridgehead atoms. The monoisotopic (exact) mass is 392 g/mol. The summed E-state index contributed by atoms with van der Waals surface area (Å²) in [6.45, 7) is 4.35. The summed E-state index contributed by atoms with van der Waals surface area (Å²) < 4.78 is 21.2. The molecular formula is C21H21FN6O. The van der Waals surface area contributed by atoms with Crippen LogP contribution in [-0.2, 0) is 6.54 Å². The Morgan fingerprint density at radius 3 is 2.52 bits per heavy atom. The number of hydrogen-bond donors (Lipinski definition) is 2. The second-order valence-electron chi connectivity index (χ2n) is 6.90. The molecular weight excluding hydrogens is 371 g/mol. The van der Waals surface area contributed by atoms with Crippen molar-refractivity contribution in [1.82, 2.24) is 19.5 Å². The third kappa shape index (κ3) is 3.96. The molecule has 0 saturated carbocycles. The van der Waals surface area contributed by atoms with E-state index in [4.69, 9.17) is 21.2 Å². The van der Waals surface area contributed by atoms with Gasteiger partial charge in [0.2, 0.25) is 0 Å². The van der Waals surface area contributed by atoms with E-state index in [1.54, 1.807) is 24.3 Å². The van der Waals surface area contributed by atoms with Crippen LogP contribution in [0.25, 0.3) is 22.4 Å². The number of imidazole rings is 1. The average molecular weight is 392 g/mol. The Kier molecular flexibility index (Phi) is 4.75. The zero-order valence-corrected chi connectivity index (χ0v) is 16.1. The van der Waals surface area contributed by atoms with Crippen molar-refractivity contribution in [3.8, 4) is 17.0 Å². The Labute approximate surface area is 167 Å². The molecule has 0 amide bonds. The van der Waals surface area contributed by atoms with Crippen molar-refractivity contribution in [3.63, 3.8) is 0 Å². The van der Waals surface area contributed by atoms with Gasteiger partial charge in [-0.15, -0.1) is 0 Å². The lowest BCUT2D eigenvalue weighted by Gasteiger charge is -2.16. The van der Waals surface area contributed by atoms with Gasteiger partial charge in [-0.25, -0.2) is 19.3 Å². The van der Waals surface area contributed by atoms with Gasteiger partial charge in [0.15, 0.2) is 5.65 Å². The maximum atomic E-state index is 13.4. The van der Waals surface area contributed by atoms with E-state index in [0.29, 0.717) is 23.9 Å². The Hall–Kier alpha value is -3.68. The van der Waals surface area contributed by atoms with Crippen LogP contribution in [0.4, 0.5) is 16.0 Å². The fourth-order valence-electron chi connectivity index (χ4n) is 3.28. The summed E-state index contributed by atoms with van der Waals surface area (Å²) in [6, 6.07) is 13.3. The molecule has 0 fully saturated rings. The molecule has 0 spiro atoms. The number of aryl methyl sites for hydroxylation is 1. The fourth-order valence-corrected chi connectivity index (χ4v) is 3.28. The predicted octanol–water partition coefficient (Wildman–Crippen LogP) is 3.57. The first-order chi connectivity index (χ1) is 13.9. The molecule has 0 saturated heterocycles. The first-order valence-electron chi connectivity index (χ1n) is 9.18. The molecule has 1 aromatic carbocycles. The highest BCUT2D eigenvalue weighted by Gasteiger charge is 2.15. The van der Waals surface area contributed by atoms with Crippen molar-refractivity contribution >= 4 is 22.8 Å². The zero-order chi connectivity index (χ0) is 20.5. The number of aromatic nitrogens is 4. The van der Waals surface area contributed by atoms with Crippen molar-refractivity contribution in [2.45, 2.75) is 26.5 Å². The topological polar surface area (TPSA) is 105 Å². The molecule has 1 unspecified atom stereocenters. The number of anilines is 2. The molecule has 8 heteroatoms. The quantitative estimate of drug-likeness (QED) is 0.538. The first kappa shape index (κ1) is 18.7. The van der Waals surface area contributed by atoms with Crippen LogP contribution in [0.15, 0.2) is 48.5 Å². The normalized spacial score (nSPS) is 12.2. The van der Waals surface area contributed by atoms with Crippen molar-refractivity contribution in [1.29, 1.82) is 0 Å². The van der Waals surface area contributed by atoms with E-state index in [1.165, 1.54) is 12.1 Å². The average Bonchev–Trinajstić information content (AvgIpc) is 2.95. The van der Waals surface area contributed by atoms with E-state index in [-0.39, 0.29) is 11.9 Å². The maximum Gasteiger partial charge on any atom is 0.160 e. The van der Waals surface area contributed by atoms with E-state index in [2.05, 4.69) is 9.97 Å². The van der Waals surface area contributed by atoms with Gasteiger partial charge in [-0.05, 0) is 50.2 Å². The Bertz CT molecular complexity index is 1170. The number of hydrogen-bond acceptors (Lipinski definition) is 6. The molecule has 0 radical (unpaired) electrons. The number of nitrogens with zero attached hydrogens (tertiary/aromatic N) is 4. The van der Waals surface area contributed by atoms with Crippen LogP contribution in [0.5, 0.6) is 5.75 Å². The predicted molar refractivity (Wildman–Crippen MR) is 111 cm³/mol. The van der Waals surface area contributed by atoms with Crippen molar-refractivity contribution in [2.24, 2.45) is 0 Å². The SMILES string of the molecule is Cc1nc2ccc(-c3cc(N)nc(N)c3)nc2n1CC(C)Oc1cccc(F)c1. The standard InChI is InChI=1S/C21H21FN6O/c1-12(29-16-5-3-4-15(22)10-16)11-28-13(2)25-18-7-6-17(26-21(18)28)14-8-19(23)27-20(24)9-14/h3-10,12H,11H2,1-2H3,(H4,23,24,27). The fraction of sp³-hybridized carbons (Fsp3) is 0.190. The Balaban J connectivity index is 1.66. The molecule has 1 atom stereocenters. The van der Waals surface area contributed by atoms with Gasteiger partial charge in [0.1, 0.15) is 40.6 Å². The maximum absolute atomic E-state index is 13.4. The molecule has 3 heterocycles. The molecule has 4 aromatic rings. The number of nitrogens with two attached hydrogens (primary N) is 2. The van der Waals surface area contributed by atoms with Crippen LogP contribution in [-0.4, -0.2) is 25.6 Å². The summed E-state index contributed by atoms with van der Waals surface area (Å²) in [7, 11) is 0. The molecule has 4 rings (SSSR count). The van der Waals surface area contributed by atoms with Gasteiger partial charge in [-0.1, -0.05) is 6.07 Å². The minimum atomic E-state index is -0.332. The summed E-state index contributed by atoms with van der Waals surface area (Å²) >= 11 is 0. The van der Waals surface area contributed by atoms with E-state index in [0.717, 1.165) is 28.2 Å². The van der Waals surface area contributed by atoms with Gasteiger partial charge in [-0.3, -0.25) is 0 Å². The Morgan fingerprint density at radius 1 is 1.03 bits per heavy atom. The molecule has 0 aliphatic rings. The lowest BCUT2D eigenvalue weighted by atomic mass is 10.1. The number of ether oxygens (including phenoxy) is 1. The number of fused-ring (bicyclic) bond motifs is 1. The zero-order valence-electron chi connectivity index (χ0n) is 16.1. The van der Waals surface area contributed by atoms with E-state index < -0.39 is 0 Å². The van der Waals surface area contributed by atoms with Crippen LogP contribution >= 0.6 is 0 Å². The lowest BCUT2D eigenvalue weighted by molar-refractivity contribution is 0.199. The number of pyridine rings is 2. The highest BCUT2D eigenvalue weighted by atomic mass is 19.1. The highest BCUT2D eigenvalue weighted by Crippen LogP contribution is 2.25. The van der Waals surface area contributed by atoms with E-state index in [9.17, 15) is 4.39 Å². The highest BCUT2D eigenvalue weighted by molar-refractivity contribution is 5.77. The van der Waals surface area contributed by atoms with Gasteiger partial charge in [-0.2, -0.15) is 0 Å². The van der Waals surface area contributed by atoms with E-state index in [1.807, 2.05) is 30.5 Å². The number of rotatable bonds is 5. The minimum absolute atomic E-state index is 0.217. The summed E-state index contributed by atoms with van der Waals surface area (Å²) in [5.41, 5.74) is 14.6. The van der Waals surface area contributed by atoms with Gasteiger partial charge < -0.3 is 20.8 Å². The number of halogens is 1. The second-order valence-corrected chi connectivity index (χ2v) is 6.90. The third-order valence-electron chi connectivity index (χ3n) is 4.52. The number of benzene rings is 1. The molecule has 0 aliphatic heterocycles. The summed E-state index contributed by atoms with van der Waals surface area (Å²) in [6.07, 6.45) is -0.217. The minimum Gasteiger partial charge on any atom is -0.489 e. The molecule has 0 aliphatic carbocycles. The van der Waals surface area contributed by atoms with Crippen LogP contribution in [0.2, 0.25) is 0 Å². The van der Waals surface area contributed by atoms with Crippen molar-refractivity contribution in [2.75, 3.05) is 11.5 Å². The van der Waals surface area contributed by atoms with E-state index >= 15 is 0 Å². The van der Waals surface area contributed by atoms with Crippen LogP contribution in [0, 0.1) is 12.7 Å². The molecule has 4 N–H and O–H groups in total. The van der Waals surface area contributed by atoms with Crippen molar-refractivity contribution in [3.05, 3.63) is 60.2 Å². The summed E-state index contributed by atoms with van der Waals surface area (Å²) in [5, 5.41) is 0. The van der Waals surface area contributed by atoms with Crippen LogP contribution < -0.4 is 16.2 Å². The largest absolute Gasteiger partial charge is 0.489 e. The van der Waals surface area contributed by atoms with Gasteiger partial charge >= 0.3 is 0 Å².